The number of nitrogens with zero attached hydrogens (tertiary/aromatic N) is 1. The van der Waals surface area contributed by atoms with Gasteiger partial charge in [-0.2, -0.15) is 0 Å². The summed E-state index contributed by atoms with van der Waals surface area (Å²) in [6.07, 6.45) is 1.70. The van der Waals surface area contributed by atoms with E-state index >= 15 is 0 Å². The average molecular weight is 165 g/mol. The van der Waals surface area contributed by atoms with Gasteiger partial charge in [-0.3, -0.25) is 0 Å². The van der Waals surface area contributed by atoms with Gasteiger partial charge in [0, 0.05) is 23.5 Å². The van der Waals surface area contributed by atoms with E-state index in [0.29, 0.717) is 5.82 Å². The maximum absolute atomic E-state index is 5.53. The number of nitrogen functional groups attached to an aromatic ring is 1. The van der Waals surface area contributed by atoms with E-state index in [1.807, 2.05) is 12.1 Å². The van der Waals surface area contributed by atoms with Gasteiger partial charge in [0.05, 0.1) is 0 Å². The fourth-order valence-electron chi connectivity index (χ4n) is 0.959. The third kappa shape index (κ3) is 2.78. The molecule has 1 heterocycles. The maximum atomic E-state index is 5.53. The van der Waals surface area contributed by atoms with E-state index in [1.165, 1.54) is 0 Å². The van der Waals surface area contributed by atoms with Crippen molar-refractivity contribution < 1.29 is 0 Å². The zero-order valence-electron chi connectivity index (χ0n) is 7.76. The molecule has 0 aromatic carbocycles. The second-order valence-corrected chi connectivity index (χ2v) is 3.84. The summed E-state index contributed by atoms with van der Waals surface area (Å²) < 4.78 is 0. The van der Waals surface area contributed by atoms with Crippen molar-refractivity contribution in [1.82, 2.24) is 4.98 Å². The summed E-state index contributed by atoms with van der Waals surface area (Å²) in [6, 6.07) is 3.73. The summed E-state index contributed by atoms with van der Waals surface area (Å²) in [6.45, 7) is 6.30. The minimum atomic E-state index is 0.0633. The van der Waals surface area contributed by atoms with Crippen molar-refractivity contribution in [2.24, 2.45) is 0 Å². The third-order valence-corrected chi connectivity index (χ3v) is 1.30. The van der Waals surface area contributed by atoms with Gasteiger partial charge in [-0.05, 0) is 26.8 Å². The predicted molar refractivity (Wildman–Crippen MR) is 52.0 cm³/mol. The average Bonchev–Trinajstić information content (AvgIpc) is 1.82. The van der Waals surface area contributed by atoms with Crippen molar-refractivity contribution in [3.05, 3.63) is 18.3 Å². The zero-order valence-corrected chi connectivity index (χ0v) is 7.76. The Morgan fingerprint density at radius 3 is 2.58 bits per heavy atom. The largest absolute Gasteiger partial charge is 0.384 e. The number of hydrogen-bond donors (Lipinski definition) is 2. The molecule has 3 N–H and O–H groups in total. The van der Waals surface area contributed by atoms with Crippen LogP contribution in [-0.4, -0.2) is 10.5 Å². The maximum Gasteiger partial charge on any atom is 0.125 e. The molecule has 1 rings (SSSR count). The number of nitrogens with two attached hydrogens (primary N) is 1. The van der Waals surface area contributed by atoms with Crippen LogP contribution in [0.2, 0.25) is 0 Å². The Labute approximate surface area is 73.0 Å². The number of anilines is 2. The van der Waals surface area contributed by atoms with Crippen LogP contribution in [0.4, 0.5) is 11.5 Å². The van der Waals surface area contributed by atoms with Crippen LogP contribution in [0.1, 0.15) is 20.8 Å². The summed E-state index contributed by atoms with van der Waals surface area (Å²) in [5.74, 6) is 0.546. The number of hydrogen-bond acceptors (Lipinski definition) is 3. The van der Waals surface area contributed by atoms with Gasteiger partial charge < -0.3 is 11.1 Å². The van der Waals surface area contributed by atoms with Gasteiger partial charge in [0.25, 0.3) is 0 Å². The summed E-state index contributed by atoms with van der Waals surface area (Å²) in [7, 11) is 0. The predicted octanol–water partition coefficient (Wildman–Crippen LogP) is 1.87. The van der Waals surface area contributed by atoms with Gasteiger partial charge in [0.2, 0.25) is 0 Å². The first-order valence-electron chi connectivity index (χ1n) is 3.97. The molecule has 0 atom stereocenters. The third-order valence-electron chi connectivity index (χ3n) is 1.30. The first-order valence-corrected chi connectivity index (χ1v) is 3.97. The van der Waals surface area contributed by atoms with Crippen LogP contribution in [0.15, 0.2) is 18.3 Å². The highest BCUT2D eigenvalue weighted by molar-refractivity contribution is 5.50. The Kier molecular flexibility index (Phi) is 2.22. The number of rotatable bonds is 1. The molecule has 3 nitrogen and oxygen atoms in total. The first-order chi connectivity index (χ1) is 5.47. The van der Waals surface area contributed by atoms with E-state index in [2.05, 4.69) is 31.1 Å². The second kappa shape index (κ2) is 3.01. The van der Waals surface area contributed by atoms with Gasteiger partial charge in [-0.25, -0.2) is 4.98 Å². The van der Waals surface area contributed by atoms with Crippen LogP contribution in [0.3, 0.4) is 0 Å². The summed E-state index contributed by atoms with van der Waals surface area (Å²) in [5, 5.41) is 3.30. The number of aromatic nitrogens is 1. The summed E-state index contributed by atoms with van der Waals surface area (Å²) >= 11 is 0. The Balaban J connectivity index is 2.77. The van der Waals surface area contributed by atoms with E-state index in [9.17, 15) is 0 Å². The number of pyridine rings is 1. The lowest BCUT2D eigenvalue weighted by Gasteiger charge is -2.21. The Bertz CT molecular complexity index is 263. The smallest absolute Gasteiger partial charge is 0.125 e. The van der Waals surface area contributed by atoms with E-state index in [4.69, 9.17) is 5.73 Å². The molecule has 0 fully saturated rings. The Morgan fingerprint density at radius 1 is 1.42 bits per heavy atom. The fraction of sp³-hybridized carbons (Fsp3) is 0.444. The van der Waals surface area contributed by atoms with Crippen LogP contribution < -0.4 is 11.1 Å². The molecule has 0 amide bonds. The SMILES string of the molecule is CC(C)(C)Nc1ccnc(N)c1. The molecular formula is C9H15N3. The van der Waals surface area contributed by atoms with E-state index in [-0.39, 0.29) is 5.54 Å². The standard InChI is InChI=1S/C9H15N3/c1-9(2,3)12-7-4-5-11-8(10)6-7/h4-6H,1-3H3,(H3,10,11,12). The second-order valence-electron chi connectivity index (χ2n) is 3.84. The molecule has 0 saturated carbocycles. The first kappa shape index (κ1) is 8.84. The van der Waals surface area contributed by atoms with Crippen LogP contribution >= 0.6 is 0 Å². The molecular weight excluding hydrogens is 150 g/mol. The quantitative estimate of drug-likeness (QED) is 0.668. The van der Waals surface area contributed by atoms with Gasteiger partial charge in [0.15, 0.2) is 0 Å². The van der Waals surface area contributed by atoms with Crippen molar-refractivity contribution in [3.8, 4) is 0 Å². The molecule has 0 unspecified atom stereocenters. The Hall–Kier alpha value is -1.25. The van der Waals surface area contributed by atoms with Crippen molar-refractivity contribution in [1.29, 1.82) is 0 Å². The topological polar surface area (TPSA) is 50.9 Å². The minimum Gasteiger partial charge on any atom is -0.384 e. The molecule has 0 aliphatic heterocycles. The monoisotopic (exact) mass is 165 g/mol. The van der Waals surface area contributed by atoms with E-state index in [1.54, 1.807) is 6.20 Å². The van der Waals surface area contributed by atoms with Gasteiger partial charge in [-0.15, -0.1) is 0 Å². The molecule has 3 heteroatoms. The van der Waals surface area contributed by atoms with Crippen molar-refractivity contribution in [3.63, 3.8) is 0 Å². The summed E-state index contributed by atoms with van der Waals surface area (Å²) in [4.78, 5) is 3.91. The van der Waals surface area contributed by atoms with Crippen LogP contribution in [0.25, 0.3) is 0 Å². The molecule has 0 spiro atoms. The lowest BCUT2D eigenvalue weighted by Crippen LogP contribution is -2.26. The highest BCUT2D eigenvalue weighted by Gasteiger charge is 2.08. The van der Waals surface area contributed by atoms with Crippen molar-refractivity contribution >= 4 is 11.5 Å². The minimum absolute atomic E-state index is 0.0633. The molecule has 1 aromatic rings. The Morgan fingerprint density at radius 2 is 2.08 bits per heavy atom. The molecule has 0 bridgehead atoms. The zero-order chi connectivity index (χ0) is 9.19. The molecule has 0 saturated heterocycles. The van der Waals surface area contributed by atoms with Crippen molar-refractivity contribution in [2.75, 3.05) is 11.1 Å². The molecule has 1 aromatic heterocycles. The van der Waals surface area contributed by atoms with E-state index < -0.39 is 0 Å². The molecule has 12 heavy (non-hydrogen) atoms. The van der Waals surface area contributed by atoms with Crippen LogP contribution in [0.5, 0.6) is 0 Å². The van der Waals surface area contributed by atoms with Gasteiger partial charge >= 0.3 is 0 Å². The highest BCUT2D eigenvalue weighted by Crippen LogP contribution is 2.14. The summed E-state index contributed by atoms with van der Waals surface area (Å²) in [5.41, 5.74) is 6.60. The normalized spacial score (nSPS) is 11.2. The molecule has 0 aliphatic carbocycles. The number of nitrogens with one attached hydrogen (secondary N) is 1. The fourth-order valence-corrected chi connectivity index (χ4v) is 0.959. The lowest BCUT2D eigenvalue weighted by atomic mass is 10.1. The highest BCUT2D eigenvalue weighted by atomic mass is 15.0. The molecule has 0 aliphatic rings. The van der Waals surface area contributed by atoms with Gasteiger partial charge in [0.1, 0.15) is 5.82 Å². The molecule has 0 radical (unpaired) electrons. The van der Waals surface area contributed by atoms with E-state index in [0.717, 1.165) is 5.69 Å². The van der Waals surface area contributed by atoms with Gasteiger partial charge in [-0.1, -0.05) is 0 Å². The van der Waals surface area contributed by atoms with Crippen molar-refractivity contribution in [2.45, 2.75) is 26.3 Å². The lowest BCUT2D eigenvalue weighted by molar-refractivity contribution is 0.634. The van der Waals surface area contributed by atoms with Crippen LogP contribution in [-0.2, 0) is 0 Å². The molecule has 66 valence electrons. The van der Waals surface area contributed by atoms with Crippen LogP contribution in [0, 0.1) is 0 Å².